The molecule has 0 unspecified atom stereocenters. The monoisotopic (exact) mass is 364 g/mol. The fourth-order valence-electron chi connectivity index (χ4n) is 1.80. The zero-order chi connectivity index (χ0) is 15.3. The molecular weight excluding hydrogens is 344 g/mol. The third-order valence-corrected chi connectivity index (χ3v) is 5.42. The third-order valence-electron chi connectivity index (χ3n) is 3.29. The maximum atomic E-state index is 12.3. The molecule has 0 radical (unpaired) electrons. The molecule has 114 valence electrons. The first-order valence-electron chi connectivity index (χ1n) is 6.48. The van der Waals surface area contributed by atoms with Gasteiger partial charge in [0.15, 0.2) is 0 Å². The Bertz CT molecular complexity index is 557. The molecule has 0 amide bonds. The molecule has 1 aromatic carbocycles. The van der Waals surface area contributed by atoms with Crippen molar-refractivity contribution in [3.63, 3.8) is 0 Å². The number of nitrogens with one attached hydrogen (secondary N) is 1. The zero-order valence-electron chi connectivity index (χ0n) is 11.9. The number of anilines is 1. The van der Waals surface area contributed by atoms with E-state index in [9.17, 15) is 8.42 Å². The maximum absolute atomic E-state index is 12.3. The molecule has 7 heteroatoms. The number of ether oxygens (including phenoxy) is 1. The predicted molar refractivity (Wildman–Crippen MR) is 84.4 cm³/mol. The Hall–Kier alpha value is -0.790. The second-order valence-corrected chi connectivity index (χ2v) is 7.15. The van der Waals surface area contributed by atoms with Crippen molar-refractivity contribution in [2.75, 3.05) is 19.4 Å². The van der Waals surface area contributed by atoms with Crippen molar-refractivity contribution >= 4 is 31.6 Å². The summed E-state index contributed by atoms with van der Waals surface area (Å²) < 4.78 is 33.0. The summed E-state index contributed by atoms with van der Waals surface area (Å²) in [6.07, 6.45) is 1.86. The molecule has 0 aromatic heterocycles. The van der Waals surface area contributed by atoms with Gasteiger partial charge in [0.2, 0.25) is 10.0 Å². The predicted octanol–water partition coefficient (Wildman–Crippen LogP) is 2.75. The fraction of sp³-hybridized carbons (Fsp3) is 0.538. The van der Waals surface area contributed by atoms with E-state index in [1.807, 2.05) is 13.8 Å². The molecule has 0 aliphatic carbocycles. The molecule has 5 nitrogen and oxygen atoms in total. The van der Waals surface area contributed by atoms with Gasteiger partial charge in [0, 0.05) is 16.7 Å². The van der Waals surface area contributed by atoms with Gasteiger partial charge in [-0.05, 0) is 34.0 Å². The molecule has 0 bridgehead atoms. The molecule has 3 N–H and O–H groups in total. The Morgan fingerprint density at radius 2 is 1.95 bits per heavy atom. The summed E-state index contributed by atoms with van der Waals surface area (Å²) >= 11 is 3.25. The van der Waals surface area contributed by atoms with Crippen molar-refractivity contribution < 1.29 is 13.2 Å². The topological polar surface area (TPSA) is 81.4 Å². The molecular formula is C13H21BrN2O3S. The van der Waals surface area contributed by atoms with E-state index in [1.54, 1.807) is 6.07 Å². The molecule has 0 saturated carbocycles. The normalized spacial score (nSPS) is 11.8. The minimum Gasteiger partial charge on any atom is -0.495 e. The number of rotatable bonds is 7. The molecule has 0 atom stereocenters. The Kier molecular flexibility index (Phi) is 6.29. The van der Waals surface area contributed by atoms with Gasteiger partial charge in [-0.1, -0.05) is 26.7 Å². The Morgan fingerprint density at radius 3 is 2.45 bits per heavy atom. The van der Waals surface area contributed by atoms with Crippen molar-refractivity contribution in [3.8, 4) is 5.75 Å². The second kappa shape index (κ2) is 7.28. The summed E-state index contributed by atoms with van der Waals surface area (Å²) in [5, 5.41) is 0. The van der Waals surface area contributed by atoms with Gasteiger partial charge in [-0.15, -0.1) is 0 Å². The van der Waals surface area contributed by atoms with E-state index in [0.717, 1.165) is 12.8 Å². The summed E-state index contributed by atoms with van der Waals surface area (Å²) in [7, 11) is -2.20. The number of halogens is 1. The maximum Gasteiger partial charge on any atom is 0.244 e. The number of nitrogen functional groups attached to an aromatic ring is 1. The van der Waals surface area contributed by atoms with Crippen LogP contribution in [0.1, 0.15) is 26.7 Å². The van der Waals surface area contributed by atoms with Gasteiger partial charge < -0.3 is 10.5 Å². The van der Waals surface area contributed by atoms with Crippen LogP contribution in [0.25, 0.3) is 0 Å². The zero-order valence-corrected chi connectivity index (χ0v) is 14.3. The minimum absolute atomic E-state index is 0.0617. The summed E-state index contributed by atoms with van der Waals surface area (Å²) in [5.74, 6) is 0.590. The highest BCUT2D eigenvalue weighted by atomic mass is 79.9. The Morgan fingerprint density at radius 1 is 1.35 bits per heavy atom. The van der Waals surface area contributed by atoms with Crippen molar-refractivity contribution in [2.45, 2.75) is 31.6 Å². The second-order valence-electron chi connectivity index (χ2n) is 4.56. The average Bonchev–Trinajstić information content (AvgIpc) is 2.42. The number of benzene rings is 1. The Labute approximate surface area is 129 Å². The van der Waals surface area contributed by atoms with Crippen LogP contribution in [0.5, 0.6) is 5.75 Å². The van der Waals surface area contributed by atoms with Crippen LogP contribution in [0.2, 0.25) is 0 Å². The van der Waals surface area contributed by atoms with Crippen LogP contribution >= 0.6 is 15.9 Å². The smallest absolute Gasteiger partial charge is 0.244 e. The summed E-state index contributed by atoms with van der Waals surface area (Å²) in [5.41, 5.74) is 6.11. The molecule has 0 spiro atoms. The summed E-state index contributed by atoms with van der Waals surface area (Å²) in [6, 6.07) is 2.96. The highest BCUT2D eigenvalue weighted by molar-refractivity contribution is 9.10. The third kappa shape index (κ3) is 4.10. The van der Waals surface area contributed by atoms with Gasteiger partial charge in [-0.25, -0.2) is 13.1 Å². The number of sulfonamides is 1. The van der Waals surface area contributed by atoms with Gasteiger partial charge in [0.05, 0.1) is 7.11 Å². The number of nitrogens with two attached hydrogens (primary N) is 1. The van der Waals surface area contributed by atoms with Gasteiger partial charge in [0.25, 0.3) is 0 Å². The van der Waals surface area contributed by atoms with Crippen LogP contribution in [0, 0.1) is 5.92 Å². The van der Waals surface area contributed by atoms with Crippen LogP contribution in [0.4, 0.5) is 5.69 Å². The summed E-state index contributed by atoms with van der Waals surface area (Å²) in [6.45, 7) is 4.50. The van der Waals surface area contributed by atoms with E-state index in [1.165, 1.54) is 13.2 Å². The van der Waals surface area contributed by atoms with Crippen LogP contribution in [0.15, 0.2) is 21.5 Å². The van der Waals surface area contributed by atoms with Gasteiger partial charge in [-0.3, -0.25) is 0 Å². The Balaban J connectivity index is 3.06. The molecule has 1 aromatic rings. The first kappa shape index (κ1) is 17.3. The molecule has 0 aliphatic heterocycles. The first-order chi connectivity index (χ1) is 9.35. The highest BCUT2D eigenvalue weighted by Gasteiger charge is 2.21. The molecule has 20 heavy (non-hydrogen) atoms. The average molecular weight is 365 g/mol. The van der Waals surface area contributed by atoms with E-state index < -0.39 is 10.0 Å². The van der Waals surface area contributed by atoms with Crippen LogP contribution < -0.4 is 15.2 Å². The van der Waals surface area contributed by atoms with Crippen LogP contribution in [0.3, 0.4) is 0 Å². The van der Waals surface area contributed by atoms with E-state index in [-0.39, 0.29) is 10.6 Å². The lowest BCUT2D eigenvalue weighted by Crippen LogP contribution is -2.29. The molecule has 0 saturated heterocycles. The van der Waals surface area contributed by atoms with Gasteiger partial charge >= 0.3 is 0 Å². The van der Waals surface area contributed by atoms with Crippen molar-refractivity contribution in [1.82, 2.24) is 4.72 Å². The molecule has 0 aliphatic rings. The molecule has 1 rings (SSSR count). The first-order valence-corrected chi connectivity index (χ1v) is 8.75. The lowest BCUT2D eigenvalue weighted by molar-refractivity contribution is 0.401. The standard InChI is InChI=1S/C13H21BrN2O3S/c1-4-9(5-2)8-16-20(17,18)13-7-11(15)10(14)6-12(13)19-3/h6-7,9,16H,4-5,8,15H2,1-3H3. The van der Waals surface area contributed by atoms with Crippen LogP contribution in [-0.2, 0) is 10.0 Å². The van der Waals surface area contributed by atoms with Crippen molar-refractivity contribution in [2.24, 2.45) is 5.92 Å². The summed E-state index contributed by atoms with van der Waals surface area (Å²) in [4.78, 5) is 0.0617. The van der Waals surface area contributed by atoms with Gasteiger partial charge in [0.1, 0.15) is 10.6 Å². The van der Waals surface area contributed by atoms with Crippen molar-refractivity contribution in [1.29, 1.82) is 0 Å². The molecule has 0 heterocycles. The van der Waals surface area contributed by atoms with Gasteiger partial charge in [-0.2, -0.15) is 0 Å². The number of methoxy groups -OCH3 is 1. The minimum atomic E-state index is -3.63. The lowest BCUT2D eigenvalue weighted by Gasteiger charge is -2.16. The SMILES string of the molecule is CCC(CC)CNS(=O)(=O)c1cc(N)c(Br)cc1OC. The van der Waals surface area contributed by atoms with Crippen LogP contribution in [-0.4, -0.2) is 22.1 Å². The number of hydrogen-bond donors (Lipinski definition) is 2. The van der Waals surface area contributed by atoms with E-state index >= 15 is 0 Å². The lowest BCUT2D eigenvalue weighted by atomic mass is 10.0. The quantitative estimate of drug-likeness (QED) is 0.728. The largest absolute Gasteiger partial charge is 0.495 e. The van der Waals surface area contributed by atoms with E-state index in [2.05, 4.69) is 20.7 Å². The number of hydrogen-bond acceptors (Lipinski definition) is 4. The van der Waals surface area contributed by atoms with E-state index in [4.69, 9.17) is 10.5 Å². The van der Waals surface area contributed by atoms with Crippen molar-refractivity contribution in [3.05, 3.63) is 16.6 Å². The molecule has 0 fully saturated rings. The highest BCUT2D eigenvalue weighted by Crippen LogP contribution is 2.32. The van der Waals surface area contributed by atoms with E-state index in [0.29, 0.717) is 22.6 Å². The fourth-order valence-corrected chi connectivity index (χ4v) is 3.43.